The standard InChI is InChI=1S/C12H11BrFN3O/c13-11-2-1-10(6-12(11)14)18-7-9-5-8(17-15)3-4-16-9/h1-6H,7,15H2,(H,16,17). The number of nitrogens with zero attached hydrogens (tertiary/aromatic N) is 1. The number of pyridine rings is 1. The summed E-state index contributed by atoms with van der Waals surface area (Å²) in [5.74, 6) is 5.37. The lowest BCUT2D eigenvalue weighted by atomic mass is 10.3. The van der Waals surface area contributed by atoms with Crippen LogP contribution >= 0.6 is 15.9 Å². The van der Waals surface area contributed by atoms with Crippen LogP contribution in [0.3, 0.4) is 0 Å². The Labute approximate surface area is 112 Å². The fraction of sp³-hybridized carbons (Fsp3) is 0.0833. The molecular weight excluding hydrogens is 301 g/mol. The molecule has 1 heterocycles. The van der Waals surface area contributed by atoms with Crippen molar-refractivity contribution in [3.63, 3.8) is 0 Å². The van der Waals surface area contributed by atoms with Crippen LogP contribution in [0.5, 0.6) is 5.75 Å². The normalized spacial score (nSPS) is 10.2. The minimum atomic E-state index is -0.363. The van der Waals surface area contributed by atoms with E-state index in [1.807, 2.05) is 0 Å². The van der Waals surface area contributed by atoms with E-state index in [0.717, 1.165) is 5.69 Å². The molecular formula is C12H11BrFN3O. The third-order valence-corrected chi connectivity index (χ3v) is 2.90. The number of hydrazine groups is 1. The smallest absolute Gasteiger partial charge is 0.141 e. The summed E-state index contributed by atoms with van der Waals surface area (Å²) in [5.41, 5.74) is 3.96. The molecule has 0 aliphatic rings. The van der Waals surface area contributed by atoms with Gasteiger partial charge in [-0.15, -0.1) is 0 Å². The largest absolute Gasteiger partial charge is 0.487 e. The van der Waals surface area contributed by atoms with Crippen LogP contribution < -0.4 is 16.0 Å². The molecule has 0 saturated carbocycles. The van der Waals surface area contributed by atoms with Crippen molar-refractivity contribution in [1.29, 1.82) is 0 Å². The van der Waals surface area contributed by atoms with Gasteiger partial charge in [0.1, 0.15) is 18.2 Å². The van der Waals surface area contributed by atoms with Crippen molar-refractivity contribution in [1.82, 2.24) is 4.98 Å². The Hall–Kier alpha value is -1.66. The van der Waals surface area contributed by atoms with Gasteiger partial charge in [-0.1, -0.05) is 0 Å². The lowest BCUT2D eigenvalue weighted by Crippen LogP contribution is -2.08. The number of nitrogens with one attached hydrogen (secondary N) is 1. The Morgan fingerprint density at radius 1 is 1.33 bits per heavy atom. The fourth-order valence-electron chi connectivity index (χ4n) is 1.37. The van der Waals surface area contributed by atoms with Crippen LogP contribution in [0.1, 0.15) is 5.69 Å². The molecule has 0 fully saturated rings. The number of halogens is 2. The van der Waals surface area contributed by atoms with Gasteiger partial charge in [-0.05, 0) is 40.2 Å². The Balaban J connectivity index is 2.04. The van der Waals surface area contributed by atoms with Crippen LogP contribution in [0.25, 0.3) is 0 Å². The van der Waals surface area contributed by atoms with E-state index in [1.54, 1.807) is 30.5 Å². The quantitative estimate of drug-likeness (QED) is 0.673. The number of anilines is 1. The first-order chi connectivity index (χ1) is 8.69. The average Bonchev–Trinajstić information content (AvgIpc) is 2.40. The summed E-state index contributed by atoms with van der Waals surface area (Å²) < 4.78 is 19.1. The Morgan fingerprint density at radius 3 is 2.89 bits per heavy atom. The minimum absolute atomic E-state index is 0.247. The Bertz CT molecular complexity index is 551. The first-order valence-corrected chi connectivity index (χ1v) is 5.98. The minimum Gasteiger partial charge on any atom is -0.487 e. The third kappa shape index (κ3) is 3.18. The van der Waals surface area contributed by atoms with Crippen molar-refractivity contribution < 1.29 is 9.13 Å². The number of benzene rings is 1. The van der Waals surface area contributed by atoms with Gasteiger partial charge in [-0.3, -0.25) is 10.8 Å². The first kappa shape index (κ1) is 12.8. The molecule has 0 atom stereocenters. The molecule has 1 aromatic heterocycles. The van der Waals surface area contributed by atoms with Crippen molar-refractivity contribution in [2.24, 2.45) is 5.84 Å². The van der Waals surface area contributed by atoms with Gasteiger partial charge in [0.25, 0.3) is 0 Å². The molecule has 0 unspecified atom stereocenters. The zero-order chi connectivity index (χ0) is 13.0. The summed E-state index contributed by atoms with van der Waals surface area (Å²) in [6, 6.07) is 8.08. The van der Waals surface area contributed by atoms with E-state index in [4.69, 9.17) is 10.6 Å². The van der Waals surface area contributed by atoms with E-state index < -0.39 is 0 Å². The highest BCUT2D eigenvalue weighted by atomic mass is 79.9. The number of rotatable bonds is 4. The number of nitrogens with two attached hydrogens (primary N) is 1. The molecule has 2 aromatic rings. The zero-order valence-electron chi connectivity index (χ0n) is 9.36. The van der Waals surface area contributed by atoms with Crippen molar-refractivity contribution >= 4 is 21.6 Å². The molecule has 94 valence electrons. The van der Waals surface area contributed by atoms with E-state index >= 15 is 0 Å². The van der Waals surface area contributed by atoms with Gasteiger partial charge >= 0.3 is 0 Å². The lowest BCUT2D eigenvalue weighted by Gasteiger charge is -2.07. The highest BCUT2D eigenvalue weighted by molar-refractivity contribution is 9.10. The highest BCUT2D eigenvalue weighted by Crippen LogP contribution is 2.21. The van der Waals surface area contributed by atoms with E-state index in [1.165, 1.54) is 6.07 Å². The van der Waals surface area contributed by atoms with Crippen LogP contribution in [0.4, 0.5) is 10.1 Å². The van der Waals surface area contributed by atoms with Crippen LogP contribution in [-0.2, 0) is 6.61 Å². The summed E-state index contributed by atoms with van der Waals surface area (Å²) in [6.07, 6.45) is 1.62. The Morgan fingerprint density at radius 2 is 2.17 bits per heavy atom. The number of nitrogen functional groups attached to an aromatic ring is 1. The molecule has 3 N–H and O–H groups in total. The van der Waals surface area contributed by atoms with Crippen LogP contribution in [0, 0.1) is 5.82 Å². The van der Waals surface area contributed by atoms with Crippen LogP contribution in [0.15, 0.2) is 41.0 Å². The van der Waals surface area contributed by atoms with Crippen molar-refractivity contribution in [2.45, 2.75) is 6.61 Å². The number of ether oxygens (including phenoxy) is 1. The van der Waals surface area contributed by atoms with Gasteiger partial charge in [0.15, 0.2) is 0 Å². The zero-order valence-corrected chi connectivity index (χ0v) is 10.9. The predicted molar refractivity (Wildman–Crippen MR) is 70.5 cm³/mol. The molecule has 0 amide bonds. The van der Waals surface area contributed by atoms with Crippen LogP contribution in [-0.4, -0.2) is 4.98 Å². The summed E-state index contributed by atoms with van der Waals surface area (Å²) in [6.45, 7) is 0.247. The van der Waals surface area contributed by atoms with Gasteiger partial charge in [-0.2, -0.15) is 0 Å². The first-order valence-electron chi connectivity index (χ1n) is 5.18. The van der Waals surface area contributed by atoms with E-state index in [9.17, 15) is 4.39 Å². The van der Waals surface area contributed by atoms with Crippen molar-refractivity contribution in [2.75, 3.05) is 5.43 Å². The molecule has 2 rings (SSSR count). The summed E-state index contributed by atoms with van der Waals surface area (Å²) in [7, 11) is 0. The number of hydrogen-bond acceptors (Lipinski definition) is 4. The molecule has 0 aliphatic carbocycles. The van der Waals surface area contributed by atoms with Gasteiger partial charge in [-0.25, -0.2) is 4.39 Å². The lowest BCUT2D eigenvalue weighted by molar-refractivity contribution is 0.299. The monoisotopic (exact) mass is 311 g/mol. The molecule has 0 saturated heterocycles. The second-order valence-corrected chi connectivity index (χ2v) is 4.40. The molecule has 4 nitrogen and oxygen atoms in total. The molecule has 0 radical (unpaired) electrons. The third-order valence-electron chi connectivity index (χ3n) is 2.26. The van der Waals surface area contributed by atoms with Gasteiger partial charge in [0.2, 0.25) is 0 Å². The topological polar surface area (TPSA) is 60.2 Å². The maximum Gasteiger partial charge on any atom is 0.141 e. The summed E-state index contributed by atoms with van der Waals surface area (Å²) in [5, 5.41) is 0. The van der Waals surface area contributed by atoms with Crippen molar-refractivity contribution in [3.8, 4) is 5.75 Å². The second-order valence-electron chi connectivity index (χ2n) is 3.54. The molecule has 0 bridgehead atoms. The Kier molecular flexibility index (Phi) is 4.11. The molecule has 18 heavy (non-hydrogen) atoms. The van der Waals surface area contributed by atoms with E-state index in [-0.39, 0.29) is 12.4 Å². The van der Waals surface area contributed by atoms with E-state index in [0.29, 0.717) is 15.9 Å². The maximum atomic E-state index is 13.3. The highest BCUT2D eigenvalue weighted by Gasteiger charge is 2.03. The average molecular weight is 312 g/mol. The van der Waals surface area contributed by atoms with Gasteiger partial charge < -0.3 is 10.2 Å². The summed E-state index contributed by atoms with van der Waals surface area (Å²) >= 11 is 3.08. The molecule has 0 aliphatic heterocycles. The SMILES string of the molecule is NNc1ccnc(COc2ccc(Br)c(F)c2)c1. The van der Waals surface area contributed by atoms with Crippen LogP contribution in [0.2, 0.25) is 0 Å². The van der Waals surface area contributed by atoms with E-state index in [2.05, 4.69) is 26.3 Å². The van der Waals surface area contributed by atoms with Gasteiger partial charge in [0, 0.05) is 12.3 Å². The predicted octanol–water partition coefficient (Wildman–Crippen LogP) is 2.85. The van der Waals surface area contributed by atoms with Crippen molar-refractivity contribution in [3.05, 3.63) is 52.5 Å². The molecule has 0 spiro atoms. The second kappa shape index (κ2) is 5.79. The number of hydrogen-bond donors (Lipinski definition) is 2. The number of aromatic nitrogens is 1. The maximum absolute atomic E-state index is 13.3. The molecule has 6 heteroatoms. The summed E-state index contributed by atoms with van der Waals surface area (Å²) in [4.78, 5) is 4.12. The van der Waals surface area contributed by atoms with Gasteiger partial charge in [0.05, 0.1) is 15.9 Å². The molecule has 1 aromatic carbocycles. The fourth-order valence-corrected chi connectivity index (χ4v) is 1.62.